The molecule has 0 aromatic heterocycles. The quantitative estimate of drug-likeness (QED) is 0.409. The fourth-order valence-corrected chi connectivity index (χ4v) is 4.72. The van der Waals surface area contributed by atoms with E-state index >= 15 is 0 Å². The second-order valence-corrected chi connectivity index (χ2v) is 6.73. The molecule has 0 saturated carbocycles. The van der Waals surface area contributed by atoms with Crippen LogP contribution in [-0.2, 0) is 9.57 Å². The summed E-state index contributed by atoms with van der Waals surface area (Å²) >= 11 is 0. The van der Waals surface area contributed by atoms with Crippen LogP contribution in [0.3, 0.4) is 0 Å². The third-order valence-electron chi connectivity index (χ3n) is 2.78. The number of hydrogen-bond donors (Lipinski definition) is 1. The van der Waals surface area contributed by atoms with Crippen molar-refractivity contribution in [2.45, 2.75) is 37.3 Å². The molecule has 0 amide bonds. The summed E-state index contributed by atoms with van der Waals surface area (Å²) in [5.74, 6) is 0. The van der Waals surface area contributed by atoms with Crippen molar-refractivity contribution < 1.29 is 9.57 Å². The maximum Gasteiger partial charge on any atom is 0.166 e. The summed E-state index contributed by atoms with van der Waals surface area (Å²) in [7, 11) is 2.69. The van der Waals surface area contributed by atoms with Crippen molar-refractivity contribution >= 4 is 8.80 Å². The van der Waals surface area contributed by atoms with E-state index in [2.05, 4.69) is 12.0 Å². The zero-order valence-corrected chi connectivity index (χ0v) is 9.38. The minimum atomic E-state index is -0.870. The molecule has 0 spiro atoms. The molecule has 1 heterocycles. The molecule has 1 aliphatic heterocycles. The first-order valence-electron chi connectivity index (χ1n) is 4.65. The SMILES string of the molecule is CNOC1(OC)CCCC[SiH]1C. The average molecular weight is 189 g/mol. The Kier molecular flexibility index (Phi) is 3.70. The number of methoxy groups -OCH3 is 1. The lowest BCUT2D eigenvalue weighted by molar-refractivity contribution is -0.206. The van der Waals surface area contributed by atoms with Gasteiger partial charge in [-0.25, -0.2) is 5.48 Å². The summed E-state index contributed by atoms with van der Waals surface area (Å²) in [6.45, 7) is 2.32. The van der Waals surface area contributed by atoms with Crippen LogP contribution >= 0.6 is 0 Å². The monoisotopic (exact) mass is 189 g/mol. The third-order valence-corrected chi connectivity index (χ3v) is 6.20. The highest BCUT2D eigenvalue weighted by molar-refractivity contribution is 6.60. The lowest BCUT2D eigenvalue weighted by Gasteiger charge is -2.39. The van der Waals surface area contributed by atoms with Gasteiger partial charge < -0.3 is 4.74 Å². The number of rotatable bonds is 3. The van der Waals surface area contributed by atoms with Crippen molar-refractivity contribution in [3.05, 3.63) is 0 Å². The molecule has 1 saturated heterocycles. The van der Waals surface area contributed by atoms with Gasteiger partial charge in [0.15, 0.2) is 5.41 Å². The fourth-order valence-electron chi connectivity index (χ4n) is 1.96. The van der Waals surface area contributed by atoms with Gasteiger partial charge in [0.25, 0.3) is 0 Å². The lowest BCUT2D eigenvalue weighted by atomic mass is 10.2. The van der Waals surface area contributed by atoms with E-state index in [1.165, 1.54) is 18.9 Å². The van der Waals surface area contributed by atoms with Crippen LogP contribution in [0.15, 0.2) is 0 Å². The van der Waals surface area contributed by atoms with Gasteiger partial charge in [0.2, 0.25) is 0 Å². The van der Waals surface area contributed by atoms with Gasteiger partial charge in [-0.2, -0.15) is 0 Å². The van der Waals surface area contributed by atoms with E-state index in [1.807, 2.05) is 0 Å². The molecule has 3 nitrogen and oxygen atoms in total. The van der Waals surface area contributed by atoms with E-state index in [0.717, 1.165) is 6.42 Å². The summed E-state index contributed by atoms with van der Waals surface area (Å²) in [6, 6.07) is 1.33. The van der Waals surface area contributed by atoms with Crippen molar-refractivity contribution in [3.8, 4) is 0 Å². The predicted octanol–water partition coefficient (Wildman–Crippen LogP) is 1.06. The van der Waals surface area contributed by atoms with E-state index in [4.69, 9.17) is 9.57 Å². The highest BCUT2D eigenvalue weighted by Crippen LogP contribution is 2.31. The summed E-state index contributed by atoms with van der Waals surface area (Å²) in [6.07, 6.45) is 3.64. The Morgan fingerprint density at radius 1 is 1.42 bits per heavy atom. The molecule has 2 atom stereocenters. The minimum absolute atomic E-state index is 0.243. The molecule has 72 valence electrons. The van der Waals surface area contributed by atoms with E-state index < -0.39 is 8.80 Å². The smallest absolute Gasteiger partial charge is 0.166 e. The van der Waals surface area contributed by atoms with Crippen molar-refractivity contribution in [1.29, 1.82) is 0 Å². The average Bonchev–Trinajstić information content (AvgIpc) is 2.10. The minimum Gasteiger partial charge on any atom is -0.356 e. The van der Waals surface area contributed by atoms with E-state index in [1.54, 1.807) is 14.2 Å². The first kappa shape index (κ1) is 10.2. The zero-order chi connectivity index (χ0) is 9.03. The normalized spacial score (nSPS) is 36.8. The molecule has 12 heavy (non-hydrogen) atoms. The first-order valence-corrected chi connectivity index (χ1v) is 7.20. The van der Waals surface area contributed by atoms with E-state index in [0.29, 0.717) is 0 Å². The second kappa shape index (κ2) is 4.37. The van der Waals surface area contributed by atoms with Crippen LogP contribution in [-0.4, -0.2) is 28.4 Å². The molecule has 0 radical (unpaired) electrons. The maximum atomic E-state index is 5.52. The fraction of sp³-hybridized carbons (Fsp3) is 1.00. The Morgan fingerprint density at radius 2 is 2.17 bits per heavy atom. The van der Waals surface area contributed by atoms with Crippen molar-refractivity contribution in [2.75, 3.05) is 14.2 Å². The van der Waals surface area contributed by atoms with Crippen molar-refractivity contribution in [3.63, 3.8) is 0 Å². The standard InChI is InChI=1S/C8H19NO2Si/c1-9-11-8(10-2)6-4-5-7-12(8)3/h9,12H,4-7H2,1-3H3. The Hall–Kier alpha value is 0.0969. The molecule has 0 bridgehead atoms. The third kappa shape index (κ3) is 1.88. The van der Waals surface area contributed by atoms with Crippen LogP contribution in [0, 0.1) is 0 Å². The topological polar surface area (TPSA) is 30.5 Å². The molecule has 0 aromatic rings. The Balaban J connectivity index is 2.60. The molecule has 1 N–H and O–H groups in total. The Bertz CT molecular complexity index is 141. The van der Waals surface area contributed by atoms with Crippen molar-refractivity contribution in [1.82, 2.24) is 5.48 Å². The number of nitrogens with one attached hydrogen (secondary N) is 1. The van der Waals surface area contributed by atoms with Crippen LogP contribution in [0.5, 0.6) is 0 Å². The highest BCUT2D eigenvalue weighted by Gasteiger charge is 2.40. The number of ether oxygens (including phenoxy) is 1. The lowest BCUT2D eigenvalue weighted by Crippen LogP contribution is -2.52. The van der Waals surface area contributed by atoms with Crippen LogP contribution in [0.25, 0.3) is 0 Å². The van der Waals surface area contributed by atoms with Crippen molar-refractivity contribution in [2.24, 2.45) is 0 Å². The van der Waals surface area contributed by atoms with E-state index in [9.17, 15) is 0 Å². The summed E-state index contributed by atoms with van der Waals surface area (Å²) < 4.78 is 5.51. The molecule has 2 unspecified atom stereocenters. The number of hydrogen-bond acceptors (Lipinski definition) is 3. The highest BCUT2D eigenvalue weighted by atomic mass is 28.3. The molecule has 1 aliphatic rings. The van der Waals surface area contributed by atoms with E-state index in [-0.39, 0.29) is 5.41 Å². The van der Waals surface area contributed by atoms with Gasteiger partial charge in [0.1, 0.15) is 8.80 Å². The molecule has 4 heteroatoms. The molecular weight excluding hydrogens is 170 g/mol. The molecule has 1 fully saturated rings. The molecule has 0 aliphatic carbocycles. The summed E-state index contributed by atoms with van der Waals surface area (Å²) in [5, 5.41) is 0. The summed E-state index contributed by atoms with van der Waals surface area (Å²) in [5.41, 5.74) is 2.53. The summed E-state index contributed by atoms with van der Waals surface area (Å²) in [4.78, 5) is 5.52. The van der Waals surface area contributed by atoms with Crippen LogP contribution in [0.1, 0.15) is 19.3 Å². The Labute approximate surface area is 76.0 Å². The Morgan fingerprint density at radius 3 is 2.67 bits per heavy atom. The molecule has 0 aromatic carbocycles. The first-order chi connectivity index (χ1) is 5.75. The zero-order valence-electron chi connectivity index (χ0n) is 8.22. The van der Waals surface area contributed by atoms with Gasteiger partial charge in [0, 0.05) is 14.2 Å². The predicted molar refractivity (Wildman–Crippen MR) is 51.6 cm³/mol. The molecule has 1 rings (SSSR count). The van der Waals surface area contributed by atoms with Gasteiger partial charge in [-0.05, 0) is 12.8 Å². The number of hydroxylamine groups is 1. The van der Waals surface area contributed by atoms with Crippen LogP contribution in [0.4, 0.5) is 0 Å². The van der Waals surface area contributed by atoms with Crippen LogP contribution < -0.4 is 5.48 Å². The molecular formula is C8H19NO2Si. The maximum absolute atomic E-state index is 5.52. The van der Waals surface area contributed by atoms with Gasteiger partial charge in [0.05, 0.1) is 0 Å². The van der Waals surface area contributed by atoms with Gasteiger partial charge in [-0.1, -0.05) is 19.0 Å². The van der Waals surface area contributed by atoms with Crippen LogP contribution in [0.2, 0.25) is 12.6 Å². The second-order valence-electron chi connectivity index (χ2n) is 3.47. The largest absolute Gasteiger partial charge is 0.356 e. The van der Waals surface area contributed by atoms with Gasteiger partial charge >= 0.3 is 0 Å². The van der Waals surface area contributed by atoms with Gasteiger partial charge in [-0.15, -0.1) is 0 Å². The van der Waals surface area contributed by atoms with Gasteiger partial charge in [-0.3, -0.25) is 4.84 Å².